The molecule has 1 aromatic carbocycles. The van der Waals surface area contributed by atoms with E-state index in [2.05, 4.69) is 10.3 Å². The number of carbonyl (C=O) groups excluding carboxylic acids is 2. The predicted molar refractivity (Wildman–Crippen MR) is 107 cm³/mol. The van der Waals surface area contributed by atoms with E-state index in [4.69, 9.17) is 16.3 Å². The van der Waals surface area contributed by atoms with E-state index in [0.717, 1.165) is 0 Å². The fourth-order valence-electron chi connectivity index (χ4n) is 3.11. The van der Waals surface area contributed by atoms with Gasteiger partial charge in [-0.15, -0.1) is 0 Å². The number of pyridine rings is 1. The summed E-state index contributed by atoms with van der Waals surface area (Å²) in [7, 11) is 0. The average Bonchev–Trinajstić information content (AvgIpc) is 2.70. The Morgan fingerprint density at radius 1 is 1.11 bits per heavy atom. The van der Waals surface area contributed by atoms with E-state index in [1.165, 1.54) is 0 Å². The van der Waals surface area contributed by atoms with Crippen molar-refractivity contribution in [1.29, 1.82) is 0 Å². The first-order chi connectivity index (χ1) is 13.3. The van der Waals surface area contributed by atoms with E-state index < -0.39 is 5.60 Å². The lowest BCUT2D eigenvalue weighted by Gasteiger charge is -2.34. The molecule has 0 bridgehead atoms. The zero-order valence-corrected chi connectivity index (χ0v) is 16.8. The summed E-state index contributed by atoms with van der Waals surface area (Å²) in [6.45, 7) is 4.67. The number of ether oxygens (including phenoxy) is 1. The van der Waals surface area contributed by atoms with Crippen LogP contribution in [0.2, 0.25) is 5.02 Å². The second-order valence-corrected chi connectivity index (χ2v) is 7.78. The van der Waals surface area contributed by atoms with Crippen molar-refractivity contribution in [1.82, 2.24) is 15.2 Å². The van der Waals surface area contributed by atoms with Gasteiger partial charge in [-0.05, 0) is 63.1 Å². The van der Waals surface area contributed by atoms with Crippen LogP contribution in [0.25, 0.3) is 0 Å². The molecule has 0 saturated carbocycles. The highest BCUT2D eigenvalue weighted by Gasteiger charge is 2.33. The number of halogens is 1. The first kappa shape index (κ1) is 20.1. The Morgan fingerprint density at radius 3 is 2.32 bits per heavy atom. The monoisotopic (exact) mass is 401 g/mol. The third kappa shape index (κ3) is 5.01. The van der Waals surface area contributed by atoms with Gasteiger partial charge in [0.2, 0.25) is 0 Å². The zero-order valence-electron chi connectivity index (χ0n) is 16.0. The van der Waals surface area contributed by atoms with E-state index in [0.29, 0.717) is 42.3 Å². The number of carbonyl (C=O) groups is 2. The van der Waals surface area contributed by atoms with Crippen LogP contribution in [-0.2, 0) is 4.79 Å². The maximum Gasteiger partial charge on any atom is 0.263 e. The molecule has 0 aliphatic carbocycles. The quantitative estimate of drug-likeness (QED) is 0.834. The second-order valence-electron chi connectivity index (χ2n) is 7.34. The van der Waals surface area contributed by atoms with Gasteiger partial charge in [0.15, 0.2) is 5.60 Å². The molecule has 1 fully saturated rings. The van der Waals surface area contributed by atoms with Gasteiger partial charge in [0.05, 0.1) is 0 Å². The van der Waals surface area contributed by atoms with Crippen molar-refractivity contribution in [2.45, 2.75) is 38.3 Å². The lowest BCUT2D eigenvalue weighted by molar-refractivity contribution is -0.135. The van der Waals surface area contributed by atoms with Crippen LogP contribution in [0.15, 0.2) is 48.8 Å². The number of amides is 2. The van der Waals surface area contributed by atoms with Gasteiger partial charge in [-0.25, -0.2) is 0 Å². The van der Waals surface area contributed by atoms with Crippen LogP contribution >= 0.6 is 11.6 Å². The largest absolute Gasteiger partial charge is 0.478 e. The maximum atomic E-state index is 12.7. The van der Waals surface area contributed by atoms with Crippen LogP contribution in [0.3, 0.4) is 0 Å². The number of benzene rings is 1. The minimum Gasteiger partial charge on any atom is -0.478 e. The molecule has 28 heavy (non-hydrogen) atoms. The van der Waals surface area contributed by atoms with Crippen LogP contribution in [-0.4, -0.2) is 46.4 Å². The topological polar surface area (TPSA) is 71.5 Å². The van der Waals surface area contributed by atoms with Crippen LogP contribution < -0.4 is 10.1 Å². The van der Waals surface area contributed by atoms with E-state index in [1.54, 1.807) is 62.6 Å². The summed E-state index contributed by atoms with van der Waals surface area (Å²) in [5.41, 5.74) is -0.382. The molecular weight excluding hydrogens is 378 g/mol. The van der Waals surface area contributed by atoms with Crippen LogP contribution in [0.1, 0.15) is 37.0 Å². The maximum absolute atomic E-state index is 12.7. The number of hydrogen-bond donors (Lipinski definition) is 1. The molecule has 2 amide bonds. The van der Waals surface area contributed by atoms with Crippen molar-refractivity contribution < 1.29 is 14.3 Å². The molecule has 0 unspecified atom stereocenters. The first-order valence-electron chi connectivity index (χ1n) is 9.30. The van der Waals surface area contributed by atoms with Gasteiger partial charge in [-0.1, -0.05) is 11.6 Å². The normalized spacial score (nSPS) is 15.2. The van der Waals surface area contributed by atoms with Gasteiger partial charge >= 0.3 is 0 Å². The van der Waals surface area contributed by atoms with Gasteiger partial charge in [-0.2, -0.15) is 0 Å². The molecule has 2 aromatic rings. The van der Waals surface area contributed by atoms with Crippen molar-refractivity contribution in [2.75, 3.05) is 13.1 Å². The number of piperidine rings is 1. The number of rotatable bonds is 5. The Bertz CT molecular complexity index is 817. The molecule has 1 aliphatic heterocycles. The molecule has 7 heteroatoms. The molecule has 6 nitrogen and oxygen atoms in total. The highest BCUT2D eigenvalue weighted by Crippen LogP contribution is 2.22. The van der Waals surface area contributed by atoms with Gasteiger partial charge in [0.25, 0.3) is 11.8 Å². The van der Waals surface area contributed by atoms with Gasteiger partial charge in [0, 0.05) is 42.1 Å². The number of likely N-dealkylation sites (tertiary alicyclic amines) is 1. The molecule has 0 atom stereocenters. The molecule has 3 rings (SSSR count). The Labute approximate surface area is 169 Å². The fraction of sp³-hybridized carbons (Fsp3) is 0.381. The molecule has 1 N–H and O–H groups in total. The van der Waals surface area contributed by atoms with E-state index in [-0.39, 0.29) is 17.9 Å². The Kier molecular flexibility index (Phi) is 6.19. The number of hydrogen-bond acceptors (Lipinski definition) is 4. The van der Waals surface area contributed by atoms with Crippen molar-refractivity contribution in [2.24, 2.45) is 0 Å². The minimum absolute atomic E-state index is 0.00132. The summed E-state index contributed by atoms with van der Waals surface area (Å²) in [6, 6.07) is 10.4. The third-order valence-electron chi connectivity index (χ3n) is 4.78. The molecule has 0 radical (unpaired) electrons. The second kappa shape index (κ2) is 8.61. The molecule has 2 heterocycles. The van der Waals surface area contributed by atoms with Crippen molar-refractivity contribution in [3.63, 3.8) is 0 Å². The fourth-order valence-corrected chi connectivity index (χ4v) is 3.23. The van der Waals surface area contributed by atoms with Gasteiger partial charge in [0.1, 0.15) is 5.75 Å². The summed E-state index contributed by atoms with van der Waals surface area (Å²) in [6.07, 6.45) is 4.64. The van der Waals surface area contributed by atoms with Gasteiger partial charge < -0.3 is 15.0 Å². The number of nitrogens with one attached hydrogen (secondary N) is 1. The molecule has 0 spiro atoms. The number of nitrogens with zero attached hydrogens (tertiary/aromatic N) is 2. The Balaban J connectivity index is 1.51. The summed E-state index contributed by atoms with van der Waals surface area (Å²) < 4.78 is 5.84. The summed E-state index contributed by atoms with van der Waals surface area (Å²) in [5.74, 6) is 0.405. The zero-order chi connectivity index (χ0) is 20.1. The SMILES string of the molecule is CC(C)(Oc1ccc(Cl)cc1)C(=O)NC1CCN(C(=O)c2ccncc2)CC1. The predicted octanol–water partition coefficient (Wildman–Crippen LogP) is 3.31. The van der Waals surface area contributed by atoms with Crippen molar-refractivity contribution in [3.8, 4) is 5.75 Å². The molecular formula is C21H24ClN3O3. The Morgan fingerprint density at radius 2 is 1.71 bits per heavy atom. The minimum atomic E-state index is -1.02. The molecule has 1 aliphatic rings. The summed E-state index contributed by atoms with van der Waals surface area (Å²) >= 11 is 5.88. The number of aromatic nitrogens is 1. The smallest absolute Gasteiger partial charge is 0.263 e. The van der Waals surface area contributed by atoms with Crippen molar-refractivity contribution >= 4 is 23.4 Å². The standard InChI is InChI=1S/C21H24ClN3O3/c1-21(2,28-18-5-3-16(22)4-6-18)20(27)24-17-9-13-25(14-10-17)19(26)15-7-11-23-12-8-15/h3-8,11-12,17H,9-10,13-14H2,1-2H3,(H,24,27). The lowest BCUT2D eigenvalue weighted by atomic mass is 10.0. The third-order valence-corrected chi connectivity index (χ3v) is 5.03. The molecule has 1 saturated heterocycles. The average molecular weight is 402 g/mol. The van der Waals surface area contributed by atoms with E-state index >= 15 is 0 Å². The summed E-state index contributed by atoms with van der Waals surface area (Å²) in [5, 5.41) is 3.67. The summed E-state index contributed by atoms with van der Waals surface area (Å²) in [4.78, 5) is 30.9. The van der Waals surface area contributed by atoms with Gasteiger partial charge in [-0.3, -0.25) is 14.6 Å². The first-order valence-corrected chi connectivity index (χ1v) is 9.68. The molecule has 1 aromatic heterocycles. The highest BCUT2D eigenvalue weighted by molar-refractivity contribution is 6.30. The van der Waals surface area contributed by atoms with Crippen LogP contribution in [0, 0.1) is 0 Å². The highest BCUT2D eigenvalue weighted by atomic mass is 35.5. The Hall–Kier alpha value is -2.60. The van der Waals surface area contributed by atoms with E-state index in [1.807, 2.05) is 4.90 Å². The lowest BCUT2D eigenvalue weighted by Crippen LogP contribution is -2.53. The van der Waals surface area contributed by atoms with E-state index in [9.17, 15) is 9.59 Å². The van der Waals surface area contributed by atoms with Crippen LogP contribution in [0.5, 0.6) is 5.75 Å². The molecule has 148 valence electrons. The van der Waals surface area contributed by atoms with Crippen molar-refractivity contribution in [3.05, 3.63) is 59.4 Å². The van der Waals surface area contributed by atoms with Crippen LogP contribution in [0.4, 0.5) is 0 Å².